The third-order valence-corrected chi connectivity index (χ3v) is 3.44. The third-order valence-electron chi connectivity index (χ3n) is 3.44. The highest BCUT2D eigenvalue weighted by molar-refractivity contribution is 5.79. The summed E-state index contributed by atoms with van der Waals surface area (Å²) in [7, 11) is 1.23. The van der Waals surface area contributed by atoms with E-state index in [0.717, 1.165) is 0 Å². The molecule has 3 unspecified atom stereocenters. The van der Waals surface area contributed by atoms with E-state index in [2.05, 4.69) is 4.74 Å². The number of ether oxygens (including phenoxy) is 4. The number of phenolic OH excluding ortho intramolecular Hbond substituents is 1. The molecule has 1 aliphatic heterocycles. The summed E-state index contributed by atoms with van der Waals surface area (Å²) in [6.07, 6.45) is -1.48. The van der Waals surface area contributed by atoms with Gasteiger partial charge in [-0.3, -0.25) is 9.59 Å². The smallest absolute Gasteiger partial charge is 0.335 e. The van der Waals surface area contributed by atoms with Gasteiger partial charge in [-0.2, -0.15) is 0 Å². The van der Waals surface area contributed by atoms with Crippen LogP contribution in [0, 0.1) is 0 Å². The first kappa shape index (κ1) is 17.7. The monoisotopic (exact) mass is 338 g/mol. The molecule has 0 aliphatic carbocycles. The fraction of sp³-hybridized carbons (Fsp3) is 0.438. The summed E-state index contributed by atoms with van der Waals surface area (Å²) in [5.74, 6) is -1.06. The van der Waals surface area contributed by atoms with E-state index in [1.807, 2.05) is 0 Å². The molecule has 8 nitrogen and oxygen atoms in total. The average Bonchev–Trinajstić information content (AvgIpc) is 2.53. The van der Waals surface area contributed by atoms with Gasteiger partial charge in [0.15, 0.2) is 12.4 Å². The molecule has 24 heavy (non-hydrogen) atoms. The van der Waals surface area contributed by atoms with Gasteiger partial charge in [-0.15, -0.1) is 0 Å². The Hall–Kier alpha value is -2.61. The van der Waals surface area contributed by atoms with Gasteiger partial charge in [-0.1, -0.05) is 0 Å². The summed E-state index contributed by atoms with van der Waals surface area (Å²) in [5, 5.41) is 9.67. The Morgan fingerprint density at radius 2 is 2.08 bits per heavy atom. The van der Waals surface area contributed by atoms with Crippen molar-refractivity contribution in [3.05, 3.63) is 23.8 Å². The van der Waals surface area contributed by atoms with Crippen LogP contribution in [0.5, 0.6) is 11.5 Å². The number of benzene rings is 1. The van der Waals surface area contributed by atoms with Gasteiger partial charge >= 0.3 is 11.9 Å². The van der Waals surface area contributed by atoms with Crippen LogP contribution in [0.1, 0.15) is 30.1 Å². The van der Waals surface area contributed by atoms with E-state index in [1.54, 1.807) is 0 Å². The molecule has 0 aromatic heterocycles. The molecule has 1 saturated heterocycles. The number of carbonyl (C=O) groups is 3. The molecule has 8 heteroatoms. The molecule has 0 radical (unpaired) electrons. The summed E-state index contributed by atoms with van der Waals surface area (Å²) >= 11 is 0. The lowest BCUT2D eigenvalue weighted by molar-refractivity contribution is -0.204. The summed E-state index contributed by atoms with van der Waals surface area (Å²) in [4.78, 5) is 33.6. The van der Waals surface area contributed by atoms with Crippen LogP contribution in [0.25, 0.3) is 0 Å². The lowest BCUT2D eigenvalue weighted by Crippen LogP contribution is -2.44. The van der Waals surface area contributed by atoms with Gasteiger partial charge in [0.05, 0.1) is 12.7 Å². The molecule has 0 amide bonds. The SMILES string of the molecule is COC(=O)C1CC(OC(C)=O)CC(Oc2ccc(C=O)c(O)c2)O1. The minimum Gasteiger partial charge on any atom is -0.507 e. The van der Waals surface area contributed by atoms with Gasteiger partial charge in [0, 0.05) is 25.8 Å². The lowest BCUT2D eigenvalue weighted by atomic mass is 10.0. The van der Waals surface area contributed by atoms with Crippen molar-refractivity contribution in [1.82, 2.24) is 0 Å². The highest BCUT2D eigenvalue weighted by Crippen LogP contribution is 2.28. The molecule has 1 fully saturated rings. The van der Waals surface area contributed by atoms with Crippen LogP contribution < -0.4 is 4.74 Å². The summed E-state index contributed by atoms with van der Waals surface area (Å²) < 4.78 is 20.9. The molecule has 1 N–H and O–H groups in total. The zero-order valence-electron chi connectivity index (χ0n) is 13.3. The molecule has 0 spiro atoms. The van der Waals surface area contributed by atoms with Crippen molar-refractivity contribution in [3.8, 4) is 11.5 Å². The van der Waals surface area contributed by atoms with Crippen molar-refractivity contribution < 1.29 is 38.4 Å². The van der Waals surface area contributed by atoms with Gasteiger partial charge in [0.25, 0.3) is 0 Å². The van der Waals surface area contributed by atoms with E-state index >= 15 is 0 Å². The van der Waals surface area contributed by atoms with Crippen molar-refractivity contribution in [1.29, 1.82) is 0 Å². The molecule has 130 valence electrons. The molecule has 0 saturated carbocycles. The molecular weight excluding hydrogens is 320 g/mol. The summed E-state index contributed by atoms with van der Waals surface area (Å²) in [5.41, 5.74) is 0.122. The average molecular weight is 338 g/mol. The normalized spacial score (nSPS) is 23.2. The first-order valence-electron chi connectivity index (χ1n) is 7.28. The number of hydrogen-bond acceptors (Lipinski definition) is 8. The van der Waals surface area contributed by atoms with Crippen molar-refractivity contribution in [2.75, 3.05) is 7.11 Å². The highest BCUT2D eigenvalue weighted by atomic mass is 16.7. The second-order valence-electron chi connectivity index (χ2n) is 5.24. The number of methoxy groups -OCH3 is 1. The Kier molecular flexibility index (Phi) is 5.75. The fourth-order valence-corrected chi connectivity index (χ4v) is 2.38. The van der Waals surface area contributed by atoms with Crippen molar-refractivity contribution in [2.45, 2.75) is 38.3 Å². The maximum Gasteiger partial charge on any atom is 0.335 e. The van der Waals surface area contributed by atoms with E-state index in [1.165, 1.54) is 32.2 Å². The Balaban J connectivity index is 2.11. The van der Waals surface area contributed by atoms with E-state index in [0.29, 0.717) is 6.29 Å². The van der Waals surface area contributed by atoms with Gasteiger partial charge in [0.2, 0.25) is 6.29 Å². The molecule has 1 aromatic carbocycles. The predicted molar refractivity (Wildman–Crippen MR) is 79.6 cm³/mol. The van der Waals surface area contributed by atoms with Crippen LogP contribution in [-0.4, -0.2) is 48.9 Å². The number of rotatable bonds is 5. The maximum absolute atomic E-state index is 11.7. The Bertz CT molecular complexity index is 627. The largest absolute Gasteiger partial charge is 0.507 e. The minimum atomic E-state index is -0.930. The van der Waals surface area contributed by atoms with Crippen LogP contribution in [0.3, 0.4) is 0 Å². The molecule has 0 bridgehead atoms. The number of aromatic hydroxyl groups is 1. The minimum absolute atomic E-state index is 0.122. The molecule has 1 aliphatic rings. The van der Waals surface area contributed by atoms with Crippen LogP contribution in [-0.2, 0) is 23.8 Å². The number of hydrogen-bond donors (Lipinski definition) is 1. The van der Waals surface area contributed by atoms with Crippen LogP contribution >= 0.6 is 0 Å². The molecule has 2 rings (SSSR count). The van der Waals surface area contributed by atoms with Gasteiger partial charge in [0.1, 0.15) is 17.6 Å². The summed E-state index contributed by atoms with van der Waals surface area (Å²) in [6, 6.07) is 4.13. The molecule has 1 heterocycles. The lowest BCUT2D eigenvalue weighted by Gasteiger charge is -2.33. The molecular formula is C16H18O8. The van der Waals surface area contributed by atoms with Crippen molar-refractivity contribution in [2.24, 2.45) is 0 Å². The molecule has 1 aromatic rings. The number of carbonyl (C=O) groups excluding carboxylic acids is 3. The first-order valence-corrected chi connectivity index (χ1v) is 7.28. The number of esters is 2. The predicted octanol–water partition coefficient (Wildman–Crippen LogP) is 1.19. The second kappa shape index (κ2) is 7.78. The van der Waals surface area contributed by atoms with Crippen LogP contribution in [0.4, 0.5) is 0 Å². The fourth-order valence-electron chi connectivity index (χ4n) is 2.38. The standard InChI is InChI=1S/C16H18O8/c1-9(18)22-12-6-14(16(20)21-2)24-15(7-12)23-11-4-3-10(8-17)13(19)5-11/h3-5,8,12,14-15,19H,6-7H2,1-2H3. The van der Waals surface area contributed by atoms with Gasteiger partial charge < -0.3 is 24.1 Å². The first-order chi connectivity index (χ1) is 11.4. The van der Waals surface area contributed by atoms with Crippen LogP contribution in [0.15, 0.2) is 18.2 Å². The zero-order chi connectivity index (χ0) is 17.7. The van der Waals surface area contributed by atoms with Gasteiger partial charge in [-0.05, 0) is 12.1 Å². The zero-order valence-corrected chi connectivity index (χ0v) is 13.3. The molecule has 3 atom stereocenters. The number of phenols is 1. The summed E-state index contributed by atoms with van der Waals surface area (Å²) in [6.45, 7) is 1.27. The maximum atomic E-state index is 11.7. The van der Waals surface area contributed by atoms with E-state index in [9.17, 15) is 19.5 Å². The van der Waals surface area contributed by atoms with Gasteiger partial charge in [-0.25, -0.2) is 4.79 Å². The van der Waals surface area contributed by atoms with Crippen LogP contribution in [0.2, 0.25) is 0 Å². The Morgan fingerprint density at radius 1 is 1.33 bits per heavy atom. The van der Waals surface area contributed by atoms with E-state index in [4.69, 9.17) is 14.2 Å². The second-order valence-corrected chi connectivity index (χ2v) is 5.24. The third kappa shape index (κ3) is 4.45. The van der Waals surface area contributed by atoms with E-state index in [-0.39, 0.29) is 29.9 Å². The highest BCUT2D eigenvalue weighted by Gasteiger charge is 2.37. The Morgan fingerprint density at radius 3 is 2.67 bits per heavy atom. The number of aldehydes is 1. The van der Waals surface area contributed by atoms with Crippen molar-refractivity contribution in [3.63, 3.8) is 0 Å². The quantitative estimate of drug-likeness (QED) is 0.630. The van der Waals surface area contributed by atoms with Crippen molar-refractivity contribution >= 4 is 18.2 Å². The Labute approximate surface area is 138 Å². The van der Waals surface area contributed by atoms with E-state index < -0.39 is 30.4 Å². The topological polar surface area (TPSA) is 108 Å².